The maximum Gasteiger partial charge on any atom is 0.251 e. The third-order valence-corrected chi connectivity index (χ3v) is 3.98. The fourth-order valence-corrected chi connectivity index (χ4v) is 2.53. The molecule has 25 heavy (non-hydrogen) atoms. The first-order valence-corrected chi connectivity index (χ1v) is 8.31. The minimum absolute atomic E-state index is 0.0929. The van der Waals surface area contributed by atoms with Crippen LogP contribution in [-0.4, -0.2) is 48.0 Å². The smallest absolute Gasteiger partial charge is 0.251 e. The van der Waals surface area contributed by atoms with Gasteiger partial charge in [0.2, 0.25) is 0 Å². The molecule has 1 amide bonds. The van der Waals surface area contributed by atoms with Crippen molar-refractivity contribution in [1.29, 1.82) is 0 Å². The molecule has 0 unspecified atom stereocenters. The van der Waals surface area contributed by atoms with Crippen LogP contribution in [-0.2, 0) is 6.54 Å². The van der Waals surface area contributed by atoms with Crippen molar-refractivity contribution in [3.63, 3.8) is 0 Å². The van der Waals surface area contributed by atoms with Gasteiger partial charge in [0.05, 0.1) is 17.4 Å². The summed E-state index contributed by atoms with van der Waals surface area (Å²) in [5, 5.41) is 6.32. The van der Waals surface area contributed by atoms with E-state index in [4.69, 9.17) is 0 Å². The van der Waals surface area contributed by atoms with Gasteiger partial charge in [0.25, 0.3) is 5.91 Å². The summed E-state index contributed by atoms with van der Waals surface area (Å²) in [7, 11) is 4.11. The van der Waals surface area contributed by atoms with Crippen molar-refractivity contribution in [2.45, 2.75) is 6.54 Å². The number of nitrogens with zero attached hydrogens (tertiary/aromatic N) is 2. The van der Waals surface area contributed by atoms with E-state index in [2.05, 4.69) is 39.6 Å². The molecule has 1 aromatic heterocycles. The number of hydrogen-bond acceptors (Lipinski definition) is 4. The number of aromatic nitrogens is 2. The first-order chi connectivity index (χ1) is 12.1. The molecule has 6 heteroatoms. The lowest BCUT2D eigenvalue weighted by Crippen LogP contribution is -2.22. The zero-order chi connectivity index (χ0) is 17.6. The van der Waals surface area contributed by atoms with E-state index in [-0.39, 0.29) is 5.91 Å². The highest BCUT2D eigenvalue weighted by atomic mass is 16.1. The van der Waals surface area contributed by atoms with Gasteiger partial charge in [-0.15, -0.1) is 0 Å². The number of carbonyl (C=O) groups excluding carboxylic acids is 1. The van der Waals surface area contributed by atoms with Crippen molar-refractivity contribution in [3.05, 3.63) is 59.9 Å². The SMILES string of the molecule is CN(C)CCNc1ccc(CNC(=O)c2ccc3nc[nH]c3c2)cc1. The quantitative estimate of drug-likeness (QED) is 0.619. The summed E-state index contributed by atoms with van der Waals surface area (Å²) in [5.74, 6) is -0.0929. The van der Waals surface area contributed by atoms with E-state index in [9.17, 15) is 4.79 Å². The number of likely N-dealkylation sites (N-methyl/N-ethyl adjacent to an activating group) is 1. The lowest BCUT2D eigenvalue weighted by atomic mass is 10.1. The van der Waals surface area contributed by atoms with Gasteiger partial charge in [-0.3, -0.25) is 4.79 Å². The molecule has 3 rings (SSSR count). The lowest BCUT2D eigenvalue weighted by Gasteiger charge is -2.12. The molecule has 0 spiro atoms. The normalized spacial score (nSPS) is 11.0. The summed E-state index contributed by atoms with van der Waals surface area (Å²) in [5.41, 5.74) is 4.49. The van der Waals surface area contributed by atoms with Crippen LogP contribution in [0.5, 0.6) is 0 Å². The van der Waals surface area contributed by atoms with Crippen LogP contribution in [0.3, 0.4) is 0 Å². The second-order valence-corrected chi connectivity index (χ2v) is 6.24. The van der Waals surface area contributed by atoms with Gasteiger partial charge in [-0.05, 0) is 50.0 Å². The number of rotatable bonds is 7. The fraction of sp³-hybridized carbons (Fsp3) is 0.263. The summed E-state index contributed by atoms with van der Waals surface area (Å²) in [4.78, 5) is 21.6. The highest BCUT2D eigenvalue weighted by molar-refractivity contribution is 5.97. The topological polar surface area (TPSA) is 73.0 Å². The molecule has 6 nitrogen and oxygen atoms in total. The zero-order valence-electron chi connectivity index (χ0n) is 14.5. The van der Waals surface area contributed by atoms with Crippen LogP contribution in [0.15, 0.2) is 48.8 Å². The van der Waals surface area contributed by atoms with Crippen molar-refractivity contribution in [1.82, 2.24) is 20.2 Å². The summed E-state index contributed by atoms with van der Waals surface area (Å²) in [6.45, 7) is 2.38. The van der Waals surface area contributed by atoms with E-state index in [1.165, 1.54) is 0 Å². The largest absolute Gasteiger partial charge is 0.384 e. The Morgan fingerprint density at radius 1 is 1.16 bits per heavy atom. The van der Waals surface area contributed by atoms with Crippen LogP contribution in [0.2, 0.25) is 0 Å². The molecule has 0 saturated heterocycles. The van der Waals surface area contributed by atoms with Crippen molar-refractivity contribution >= 4 is 22.6 Å². The Hall–Kier alpha value is -2.86. The fourth-order valence-electron chi connectivity index (χ4n) is 2.53. The molecule has 0 radical (unpaired) electrons. The third-order valence-electron chi connectivity index (χ3n) is 3.98. The Labute approximate surface area is 147 Å². The van der Waals surface area contributed by atoms with Crippen LogP contribution in [0, 0.1) is 0 Å². The summed E-state index contributed by atoms with van der Waals surface area (Å²) in [6.07, 6.45) is 1.63. The van der Waals surface area contributed by atoms with Gasteiger partial charge in [0.1, 0.15) is 0 Å². The average Bonchev–Trinajstić information content (AvgIpc) is 3.08. The number of H-pyrrole nitrogens is 1. The number of hydrogen-bond donors (Lipinski definition) is 3. The zero-order valence-corrected chi connectivity index (χ0v) is 14.5. The molecule has 0 aliphatic carbocycles. The maximum absolute atomic E-state index is 12.3. The average molecular weight is 337 g/mol. The number of imidazole rings is 1. The highest BCUT2D eigenvalue weighted by Crippen LogP contribution is 2.12. The first-order valence-electron chi connectivity index (χ1n) is 8.31. The van der Waals surface area contributed by atoms with Crippen molar-refractivity contribution in [2.24, 2.45) is 0 Å². The molecular formula is C19H23N5O. The van der Waals surface area contributed by atoms with Gasteiger partial charge in [0.15, 0.2) is 0 Å². The Kier molecular flexibility index (Phi) is 5.30. The van der Waals surface area contributed by atoms with Gasteiger partial charge in [-0.2, -0.15) is 0 Å². The first kappa shape index (κ1) is 17.0. The highest BCUT2D eigenvalue weighted by Gasteiger charge is 2.07. The minimum Gasteiger partial charge on any atom is -0.384 e. The number of anilines is 1. The molecule has 3 aromatic rings. The molecular weight excluding hydrogens is 314 g/mol. The predicted octanol–water partition coefficient (Wildman–Crippen LogP) is 2.47. The van der Waals surface area contributed by atoms with Crippen molar-refractivity contribution in [2.75, 3.05) is 32.5 Å². The summed E-state index contributed by atoms with van der Waals surface area (Å²) < 4.78 is 0. The molecule has 1 heterocycles. The van der Waals surface area contributed by atoms with E-state index in [1.807, 2.05) is 36.4 Å². The Bertz CT molecular complexity index is 838. The van der Waals surface area contributed by atoms with E-state index in [0.29, 0.717) is 12.1 Å². The van der Waals surface area contributed by atoms with Crippen LogP contribution in [0.1, 0.15) is 15.9 Å². The second-order valence-electron chi connectivity index (χ2n) is 6.24. The standard InChI is InChI=1S/C19H23N5O/c1-24(2)10-9-20-16-6-3-14(4-7-16)12-21-19(25)15-5-8-17-18(11-15)23-13-22-17/h3-8,11,13,20H,9-10,12H2,1-2H3,(H,21,25)(H,22,23). The van der Waals surface area contributed by atoms with Gasteiger partial charge in [-0.25, -0.2) is 4.98 Å². The molecule has 0 bridgehead atoms. The molecule has 0 aliphatic rings. The molecule has 2 aromatic carbocycles. The Morgan fingerprint density at radius 3 is 2.72 bits per heavy atom. The van der Waals surface area contributed by atoms with E-state index < -0.39 is 0 Å². The van der Waals surface area contributed by atoms with Gasteiger partial charge in [0, 0.05) is 30.9 Å². The van der Waals surface area contributed by atoms with Crippen LogP contribution in [0.25, 0.3) is 11.0 Å². The minimum atomic E-state index is -0.0929. The van der Waals surface area contributed by atoms with E-state index >= 15 is 0 Å². The predicted molar refractivity (Wildman–Crippen MR) is 101 cm³/mol. The molecule has 0 aliphatic heterocycles. The molecule has 0 fully saturated rings. The number of amides is 1. The Morgan fingerprint density at radius 2 is 1.96 bits per heavy atom. The number of nitrogens with one attached hydrogen (secondary N) is 3. The molecule has 3 N–H and O–H groups in total. The van der Waals surface area contributed by atoms with Gasteiger partial charge in [-0.1, -0.05) is 12.1 Å². The van der Waals surface area contributed by atoms with Crippen LogP contribution in [0.4, 0.5) is 5.69 Å². The summed E-state index contributed by atoms with van der Waals surface area (Å²) in [6, 6.07) is 13.6. The van der Waals surface area contributed by atoms with Crippen molar-refractivity contribution < 1.29 is 4.79 Å². The number of aromatic amines is 1. The van der Waals surface area contributed by atoms with Gasteiger partial charge >= 0.3 is 0 Å². The summed E-state index contributed by atoms with van der Waals surface area (Å²) >= 11 is 0. The number of fused-ring (bicyclic) bond motifs is 1. The molecule has 0 saturated carbocycles. The third kappa shape index (κ3) is 4.58. The monoisotopic (exact) mass is 337 g/mol. The van der Waals surface area contributed by atoms with Gasteiger partial charge < -0.3 is 20.5 Å². The van der Waals surface area contributed by atoms with Crippen molar-refractivity contribution in [3.8, 4) is 0 Å². The number of carbonyl (C=O) groups is 1. The van der Waals surface area contributed by atoms with Crippen LogP contribution < -0.4 is 10.6 Å². The Balaban J connectivity index is 1.53. The maximum atomic E-state index is 12.3. The van der Waals surface area contributed by atoms with E-state index in [1.54, 1.807) is 12.4 Å². The molecule has 130 valence electrons. The molecule has 0 atom stereocenters. The van der Waals surface area contributed by atoms with E-state index in [0.717, 1.165) is 35.4 Å². The lowest BCUT2D eigenvalue weighted by molar-refractivity contribution is 0.0951. The van der Waals surface area contributed by atoms with Crippen LogP contribution >= 0.6 is 0 Å². The second kappa shape index (κ2) is 7.81. The number of benzene rings is 2.